The summed E-state index contributed by atoms with van der Waals surface area (Å²) in [5, 5.41) is 3.70. The second-order valence-electron chi connectivity index (χ2n) is 5.58. The topological polar surface area (TPSA) is 30.5 Å². The van der Waals surface area contributed by atoms with E-state index < -0.39 is 0 Å². The average Bonchev–Trinajstić information content (AvgIpc) is 3.09. The minimum Gasteiger partial charge on any atom is -0.381 e. The SMILES string of the molecule is CCCNC(c1ccc2c(c1)COC2)C1CCOC1. The first-order valence-corrected chi connectivity index (χ1v) is 7.39. The van der Waals surface area contributed by atoms with Crippen molar-refractivity contribution in [3.8, 4) is 0 Å². The molecule has 1 aromatic rings. The Labute approximate surface area is 115 Å². The lowest BCUT2D eigenvalue weighted by Gasteiger charge is -2.24. The number of ether oxygens (including phenoxy) is 2. The van der Waals surface area contributed by atoms with Crippen molar-refractivity contribution in [1.82, 2.24) is 5.32 Å². The minimum absolute atomic E-state index is 0.424. The van der Waals surface area contributed by atoms with Crippen LogP contribution in [-0.2, 0) is 22.7 Å². The van der Waals surface area contributed by atoms with E-state index in [4.69, 9.17) is 9.47 Å². The van der Waals surface area contributed by atoms with Crippen LogP contribution in [0.2, 0.25) is 0 Å². The molecule has 2 aliphatic heterocycles. The zero-order chi connectivity index (χ0) is 13.1. The third kappa shape index (κ3) is 2.83. The van der Waals surface area contributed by atoms with Crippen molar-refractivity contribution in [2.75, 3.05) is 19.8 Å². The molecule has 104 valence electrons. The Balaban J connectivity index is 1.81. The van der Waals surface area contributed by atoms with Gasteiger partial charge >= 0.3 is 0 Å². The van der Waals surface area contributed by atoms with Gasteiger partial charge in [0.15, 0.2) is 0 Å². The first kappa shape index (κ1) is 13.1. The van der Waals surface area contributed by atoms with Crippen molar-refractivity contribution in [1.29, 1.82) is 0 Å². The smallest absolute Gasteiger partial charge is 0.0725 e. The van der Waals surface area contributed by atoms with E-state index >= 15 is 0 Å². The first-order valence-electron chi connectivity index (χ1n) is 7.39. The van der Waals surface area contributed by atoms with E-state index in [0.717, 1.165) is 45.8 Å². The number of hydrogen-bond donors (Lipinski definition) is 1. The minimum atomic E-state index is 0.424. The molecule has 1 aromatic carbocycles. The molecule has 3 nitrogen and oxygen atoms in total. The van der Waals surface area contributed by atoms with Crippen molar-refractivity contribution >= 4 is 0 Å². The summed E-state index contributed by atoms with van der Waals surface area (Å²) in [5.41, 5.74) is 4.11. The van der Waals surface area contributed by atoms with Gasteiger partial charge in [-0.25, -0.2) is 0 Å². The van der Waals surface area contributed by atoms with Gasteiger partial charge in [-0.3, -0.25) is 0 Å². The maximum absolute atomic E-state index is 5.57. The molecule has 0 radical (unpaired) electrons. The Hall–Kier alpha value is -0.900. The van der Waals surface area contributed by atoms with Crippen LogP contribution in [0, 0.1) is 5.92 Å². The van der Waals surface area contributed by atoms with Gasteiger partial charge in [-0.05, 0) is 36.1 Å². The maximum Gasteiger partial charge on any atom is 0.0725 e. The van der Waals surface area contributed by atoms with Crippen LogP contribution in [-0.4, -0.2) is 19.8 Å². The first-order chi connectivity index (χ1) is 9.38. The Morgan fingerprint density at radius 1 is 1.26 bits per heavy atom. The predicted octanol–water partition coefficient (Wildman–Crippen LogP) is 2.79. The monoisotopic (exact) mass is 261 g/mol. The van der Waals surface area contributed by atoms with Gasteiger partial charge in [0.05, 0.1) is 19.8 Å². The van der Waals surface area contributed by atoms with Crippen LogP contribution in [0.25, 0.3) is 0 Å². The normalized spacial score (nSPS) is 23.5. The molecule has 1 saturated heterocycles. The highest BCUT2D eigenvalue weighted by atomic mass is 16.5. The Kier molecular flexibility index (Phi) is 4.16. The zero-order valence-electron chi connectivity index (χ0n) is 11.7. The standard InChI is InChI=1S/C16H23NO2/c1-2-6-17-16(14-5-7-18-10-14)12-3-4-13-9-19-11-15(13)8-12/h3-4,8,14,16-17H,2,5-7,9-11H2,1H3. The van der Waals surface area contributed by atoms with E-state index in [-0.39, 0.29) is 0 Å². The molecule has 0 amide bonds. The van der Waals surface area contributed by atoms with Crippen molar-refractivity contribution in [3.63, 3.8) is 0 Å². The predicted molar refractivity (Wildman–Crippen MR) is 74.9 cm³/mol. The van der Waals surface area contributed by atoms with Crippen LogP contribution in [0.3, 0.4) is 0 Å². The van der Waals surface area contributed by atoms with E-state index in [1.807, 2.05) is 0 Å². The quantitative estimate of drug-likeness (QED) is 0.884. The number of nitrogens with one attached hydrogen (secondary N) is 1. The molecule has 0 aromatic heterocycles. The Morgan fingerprint density at radius 3 is 2.95 bits per heavy atom. The van der Waals surface area contributed by atoms with E-state index in [1.54, 1.807) is 0 Å². The van der Waals surface area contributed by atoms with Crippen molar-refractivity contribution < 1.29 is 9.47 Å². The Bertz CT molecular complexity index is 427. The van der Waals surface area contributed by atoms with Gasteiger partial charge < -0.3 is 14.8 Å². The second-order valence-corrected chi connectivity index (χ2v) is 5.58. The molecule has 0 bridgehead atoms. The summed E-state index contributed by atoms with van der Waals surface area (Å²) in [6.45, 7) is 6.61. The highest BCUT2D eigenvalue weighted by molar-refractivity contribution is 5.35. The van der Waals surface area contributed by atoms with Crippen LogP contribution < -0.4 is 5.32 Å². The summed E-state index contributed by atoms with van der Waals surface area (Å²) < 4.78 is 11.1. The van der Waals surface area contributed by atoms with Gasteiger partial charge in [-0.1, -0.05) is 25.1 Å². The van der Waals surface area contributed by atoms with Gasteiger partial charge in [0.1, 0.15) is 0 Å². The van der Waals surface area contributed by atoms with Gasteiger partial charge in [0.2, 0.25) is 0 Å². The molecule has 1 N–H and O–H groups in total. The molecule has 1 fully saturated rings. The van der Waals surface area contributed by atoms with Crippen LogP contribution >= 0.6 is 0 Å². The molecule has 3 rings (SSSR count). The summed E-state index contributed by atoms with van der Waals surface area (Å²) >= 11 is 0. The van der Waals surface area contributed by atoms with Crippen LogP contribution in [0.4, 0.5) is 0 Å². The van der Waals surface area contributed by atoms with Gasteiger partial charge in [-0.15, -0.1) is 0 Å². The molecular formula is C16H23NO2. The summed E-state index contributed by atoms with van der Waals surface area (Å²) in [7, 11) is 0. The van der Waals surface area contributed by atoms with Gasteiger partial charge in [0.25, 0.3) is 0 Å². The fourth-order valence-corrected chi connectivity index (χ4v) is 3.06. The number of fused-ring (bicyclic) bond motifs is 1. The van der Waals surface area contributed by atoms with Crippen molar-refractivity contribution in [2.24, 2.45) is 5.92 Å². The fourth-order valence-electron chi connectivity index (χ4n) is 3.06. The number of rotatable bonds is 5. The number of hydrogen-bond acceptors (Lipinski definition) is 3. The number of benzene rings is 1. The average molecular weight is 261 g/mol. The molecule has 0 spiro atoms. The molecule has 2 aliphatic rings. The van der Waals surface area contributed by atoms with Crippen LogP contribution in [0.15, 0.2) is 18.2 Å². The highest BCUT2D eigenvalue weighted by Crippen LogP contribution is 2.31. The van der Waals surface area contributed by atoms with E-state index in [1.165, 1.54) is 16.7 Å². The largest absolute Gasteiger partial charge is 0.381 e. The lowest BCUT2D eigenvalue weighted by atomic mass is 9.90. The van der Waals surface area contributed by atoms with Crippen molar-refractivity contribution in [3.05, 3.63) is 34.9 Å². The maximum atomic E-state index is 5.57. The molecular weight excluding hydrogens is 238 g/mol. The summed E-state index contributed by atoms with van der Waals surface area (Å²) in [4.78, 5) is 0. The zero-order valence-corrected chi connectivity index (χ0v) is 11.7. The molecule has 2 unspecified atom stereocenters. The fraction of sp³-hybridized carbons (Fsp3) is 0.625. The highest BCUT2D eigenvalue weighted by Gasteiger charge is 2.27. The van der Waals surface area contributed by atoms with Gasteiger partial charge in [0, 0.05) is 18.6 Å². The lowest BCUT2D eigenvalue weighted by molar-refractivity contribution is 0.134. The molecule has 3 heteroatoms. The second kappa shape index (κ2) is 6.04. The molecule has 0 aliphatic carbocycles. The molecule has 2 atom stereocenters. The molecule has 0 saturated carbocycles. The van der Waals surface area contributed by atoms with Crippen LogP contribution in [0.5, 0.6) is 0 Å². The van der Waals surface area contributed by atoms with E-state index in [0.29, 0.717) is 12.0 Å². The van der Waals surface area contributed by atoms with E-state index in [2.05, 4.69) is 30.4 Å². The summed E-state index contributed by atoms with van der Waals surface area (Å²) in [5.74, 6) is 0.604. The van der Waals surface area contributed by atoms with Crippen molar-refractivity contribution in [2.45, 2.75) is 39.0 Å². The molecule has 19 heavy (non-hydrogen) atoms. The third-order valence-electron chi connectivity index (χ3n) is 4.16. The summed E-state index contributed by atoms with van der Waals surface area (Å²) in [6.07, 6.45) is 2.33. The van der Waals surface area contributed by atoms with Gasteiger partial charge in [-0.2, -0.15) is 0 Å². The third-order valence-corrected chi connectivity index (χ3v) is 4.16. The van der Waals surface area contributed by atoms with Crippen LogP contribution in [0.1, 0.15) is 42.5 Å². The van der Waals surface area contributed by atoms with E-state index in [9.17, 15) is 0 Å². The molecule has 2 heterocycles. The Morgan fingerprint density at radius 2 is 2.16 bits per heavy atom. The lowest BCUT2D eigenvalue weighted by Crippen LogP contribution is -2.29. The summed E-state index contributed by atoms with van der Waals surface area (Å²) in [6, 6.07) is 7.25.